The van der Waals surface area contributed by atoms with Crippen molar-refractivity contribution in [2.45, 2.75) is 30.4 Å². The minimum atomic E-state index is -6.09. The Kier molecular flexibility index (Phi) is 17.4. The minimum Gasteiger partial charge on any atom is -0.741 e. The summed E-state index contributed by atoms with van der Waals surface area (Å²) >= 11 is 4.85. The van der Waals surface area contributed by atoms with Gasteiger partial charge in [0, 0.05) is 18.4 Å². The second kappa shape index (κ2) is 18.8. The van der Waals surface area contributed by atoms with E-state index < -0.39 is 31.3 Å². The van der Waals surface area contributed by atoms with E-state index in [-0.39, 0.29) is 0 Å². The molecule has 19 heteroatoms. The summed E-state index contributed by atoms with van der Waals surface area (Å²) in [6.07, 6.45) is 2.12. The summed E-state index contributed by atoms with van der Waals surface area (Å²) in [6, 6.07) is 24.1. The van der Waals surface area contributed by atoms with E-state index in [1.165, 1.54) is 29.4 Å². The minimum absolute atomic E-state index is 0.749. The normalized spacial score (nSPS) is 12.7. The number of quaternary nitrogens is 2. The van der Waals surface area contributed by atoms with Gasteiger partial charge in [0.2, 0.25) is 0 Å². The number of halogens is 8. The Bertz CT molecular complexity index is 1670. The molecule has 0 aliphatic rings. The quantitative estimate of drug-likeness (QED) is 0.0509. The molecule has 0 N–H and O–H groups in total. The first kappa shape index (κ1) is 46.3. The molecule has 3 rings (SSSR count). The maximum Gasteiger partial charge on any atom is 0.485 e. The number of hydrogen-bond acceptors (Lipinski definition) is 7. The molecule has 0 unspecified atom stereocenters. The summed E-state index contributed by atoms with van der Waals surface area (Å²) in [5, 5.41) is 0. The van der Waals surface area contributed by atoms with Gasteiger partial charge in [0.1, 0.15) is 12.3 Å². The van der Waals surface area contributed by atoms with Gasteiger partial charge >= 0.3 is 11.0 Å². The van der Waals surface area contributed by atoms with Crippen molar-refractivity contribution in [2.24, 2.45) is 0 Å². The molecule has 0 radical (unpaired) electrons. The predicted octanol–water partition coefficient (Wildman–Crippen LogP) is 6.96. The zero-order chi connectivity index (χ0) is 38.8. The lowest BCUT2D eigenvalue weighted by Gasteiger charge is -2.30. The average molecular weight is 983 g/mol. The molecule has 0 amide bonds. The molecule has 0 atom stereocenters. The van der Waals surface area contributed by atoms with E-state index in [9.17, 15) is 26.3 Å². The fourth-order valence-corrected chi connectivity index (χ4v) is 6.24. The number of ether oxygens (including phenoxy) is 1. The number of hydrogen-bond donors (Lipinski definition) is 0. The standard InChI is InChI=1S/C29H38I2N2O.2CHF3O3S/c1-32(2,3)18-16-24-20-27(30)29(28(31)21-24)34-19-9-17-33(4,5)22-23-12-14-26(15-13-23)25-10-7-6-8-11-25;2*2-1(3,4)8(5,6)7/h6-8,10-15,20-21H,9,16-19,22H2,1-5H3;2*(H,5,6,7)/q+2;;/p-2. The van der Waals surface area contributed by atoms with Crippen molar-refractivity contribution >= 4 is 65.4 Å². The third-order valence-corrected chi connectivity index (χ3v) is 9.26. The number of nitrogens with zero attached hydrogens (tertiary/aromatic N) is 2. The van der Waals surface area contributed by atoms with Crippen molar-refractivity contribution < 1.29 is 66.0 Å². The van der Waals surface area contributed by atoms with Crippen LogP contribution in [0.1, 0.15) is 17.5 Å². The second-order valence-corrected chi connectivity index (χ2v) is 17.6. The lowest BCUT2D eigenvalue weighted by Crippen LogP contribution is -2.40. The van der Waals surface area contributed by atoms with Crippen LogP contribution in [-0.4, -0.2) is 101 Å². The van der Waals surface area contributed by atoms with Crippen LogP contribution in [0.2, 0.25) is 0 Å². The molecule has 0 saturated heterocycles. The fourth-order valence-electron chi connectivity index (χ4n) is 4.03. The highest BCUT2D eigenvalue weighted by Crippen LogP contribution is 2.30. The number of benzene rings is 3. The van der Waals surface area contributed by atoms with E-state index in [0.717, 1.165) is 53.8 Å². The lowest BCUT2D eigenvalue weighted by atomic mass is 10.0. The van der Waals surface area contributed by atoms with Crippen LogP contribution in [0.5, 0.6) is 5.75 Å². The van der Waals surface area contributed by atoms with E-state index in [1.807, 2.05) is 0 Å². The largest absolute Gasteiger partial charge is 0.741 e. The molecule has 3 aromatic carbocycles. The predicted molar refractivity (Wildman–Crippen MR) is 193 cm³/mol. The van der Waals surface area contributed by atoms with E-state index in [4.69, 9.17) is 30.7 Å². The molecule has 9 nitrogen and oxygen atoms in total. The van der Waals surface area contributed by atoms with Crippen LogP contribution < -0.4 is 4.74 Å². The number of rotatable bonds is 11. The van der Waals surface area contributed by atoms with Crippen molar-refractivity contribution in [3.63, 3.8) is 0 Å². The van der Waals surface area contributed by atoms with Crippen LogP contribution >= 0.6 is 45.2 Å². The molecule has 0 aliphatic carbocycles. The summed E-state index contributed by atoms with van der Waals surface area (Å²) < 4.78 is 128. The molecule has 0 saturated carbocycles. The van der Waals surface area contributed by atoms with Crippen molar-refractivity contribution in [3.05, 3.63) is 85.0 Å². The van der Waals surface area contributed by atoms with Gasteiger partial charge in [0.25, 0.3) is 0 Å². The molecule has 0 spiro atoms. The monoisotopic (exact) mass is 982 g/mol. The molecular formula is C31H38F6I2N2O7S2. The van der Waals surface area contributed by atoms with Gasteiger partial charge in [-0.1, -0.05) is 54.6 Å². The van der Waals surface area contributed by atoms with Crippen LogP contribution in [0.15, 0.2) is 66.7 Å². The summed E-state index contributed by atoms with van der Waals surface area (Å²) in [6.45, 7) is 3.98. The highest BCUT2D eigenvalue weighted by atomic mass is 127. The van der Waals surface area contributed by atoms with Crippen LogP contribution in [0, 0.1) is 7.14 Å². The van der Waals surface area contributed by atoms with E-state index in [2.05, 4.69) is 147 Å². The van der Waals surface area contributed by atoms with Gasteiger partial charge in [-0.05, 0) is 74.0 Å². The van der Waals surface area contributed by atoms with E-state index >= 15 is 0 Å². The Labute approximate surface area is 316 Å². The first-order chi connectivity index (χ1) is 22.5. The van der Waals surface area contributed by atoms with Gasteiger partial charge in [-0.25, -0.2) is 16.8 Å². The Morgan fingerprint density at radius 1 is 0.680 bits per heavy atom. The number of likely N-dealkylation sites (N-methyl/N-ethyl adjacent to an activating group) is 1. The van der Waals surface area contributed by atoms with E-state index in [0.29, 0.717) is 0 Å². The molecule has 50 heavy (non-hydrogen) atoms. The molecule has 3 aromatic rings. The number of alkyl halides is 6. The topological polar surface area (TPSA) is 124 Å². The summed E-state index contributed by atoms with van der Waals surface area (Å²) in [7, 11) is -0.837. The van der Waals surface area contributed by atoms with Gasteiger partial charge in [-0.2, -0.15) is 26.3 Å². The van der Waals surface area contributed by atoms with Crippen molar-refractivity contribution in [3.8, 4) is 16.9 Å². The van der Waals surface area contributed by atoms with Crippen molar-refractivity contribution in [1.29, 1.82) is 0 Å². The van der Waals surface area contributed by atoms with Gasteiger partial charge in [-0.15, -0.1) is 0 Å². The zero-order valence-corrected chi connectivity index (χ0v) is 33.6. The van der Waals surface area contributed by atoms with Crippen molar-refractivity contribution in [2.75, 3.05) is 54.9 Å². The first-order valence-corrected chi connectivity index (χ1v) is 19.4. The second-order valence-electron chi connectivity index (χ2n) is 12.5. The summed E-state index contributed by atoms with van der Waals surface area (Å²) in [5.41, 5.74) is -5.98. The van der Waals surface area contributed by atoms with Crippen LogP contribution in [0.25, 0.3) is 11.1 Å². The maximum absolute atomic E-state index is 10.7. The highest BCUT2D eigenvalue weighted by molar-refractivity contribution is 14.1. The highest BCUT2D eigenvalue weighted by Gasteiger charge is 2.37. The molecule has 0 heterocycles. The van der Waals surface area contributed by atoms with Gasteiger partial charge in [0.15, 0.2) is 20.2 Å². The smallest absolute Gasteiger partial charge is 0.485 e. The SMILES string of the molecule is C[N+](C)(C)CCc1cc(I)c(OCCC[N+](C)(C)Cc2ccc(-c3ccccc3)cc2)c(I)c1.O=S(=O)([O-])C(F)(F)F.O=S(=O)([O-])C(F)(F)F. The summed E-state index contributed by atoms with van der Waals surface area (Å²) in [5.74, 6) is 1.04. The Morgan fingerprint density at radius 2 is 1.10 bits per heavy atom. The third-order valence-electron chi connectivity index (χ3n) is 6.52. The molecular weight excluding hydrogens is 944 g/mol. The van der Waals surface area contributed by atoms with Crippen LogP contribution in [0.3, 0.4) is 0 Å². The fraction of sp³-hybridized carbons (Fsp3) is 0.419. The Balaban J connectivity index is 0.000000646. The molecule has 0 aromatic heterocycles. The first-order valence-electron chi connectivity index (χ1n) is 14.4. The van der Waals surface area contributed by atoms with Crippen LogP contribution in [0.4, 0.5) is 26.3 Å². The molecule has 0 aliphatic heterocycles. The molecule has 282 valence electrons. The Hall–Kier alpha value is -1.76. The lowest BCUT2D eigenvalue weighted by molar-refractivity contribution is -0.903. The average Bonchev–Trinajstić information content (AvgIpc) is 2.94. The third kappa shape index (κ3) is 17.6. The van der Waals surface area contributed by atoms with Gasteiger partial charge in [-0.3, -0.25) is 0 Å². The van der Waals surface area contributed by atoms with Gasteiger partial charge in [0.05, 0.1) is 62.1 Å². The summed E-state index contributed by atoms with van der Waals surface area (Å²) in [4.78, 5) is 0. The zero-order valence-electron chi connectivity index (χ0n) is 27.7. The van der Waals surface area contributed by atoms with Crippen molar-refractivity contribution in [1.82, 2.24) is 0 Å². The Morgan fingerprint density at radius 3 is 1.50 bits per heavy atom. The maximum atomic E-state index is 10.7. The molecule has 0 bridgehead atoms. The van der Waals surface area contributed by atoms with Crippen LogP contribution in [-0.2, 0) is 33.2 Å². The van der Waals surface area contributed by atoms with E-state index in [1.54, 1.807) is 0 Å². The molecule has 0 fully saturated rings. The van der Waals surface area contributed by atoms with Gasteiger partial charge < -0.3 is 22.8 Å².